The van der Waals surface area contributed by atoms with Crippen LogP contribution in [0.4, 0.5) is 20.4 Å². The lowest BCUT2D eigenvalue weighted by Crippen LogP contribution is -2.45. The van der Waals surface area contributed by atoms with E-state index in [0.29, 0.717) is 42.2 Å². The number of anilines is 2. The second-order valence-electron chi connectivity index (χ2n) is 11.9. The van der Waals surface area contributed by atoms with Crippen LogP contribution in [0.5, 0.6) is 0 Å². The lowest BCUT2D eigenvalue weighted by molar-refractivity contribution is -0.131. The Morgan fingerprint density at radius 3 is 2.83 bits per heavy atom. The number of nitrogens with zero attached hydrogens (tertiary/aromatic N) is 8. The van der Waals surface area contributed by atoms with Gasteiger partial charge in [-0.3, -0.25) is 4.79 Å². The average Bonchev–Trinajstić information content (AvgIpc) is 3.75. The van der Waals surface area contributed by atoms with Gasteiger partial charge in [-0.1, -0.05) is 6.07 Å². The third-order valence-corrected chi connectivity index (χ3v) is 9.03. The van der Waals surface area contributed by atoms with Crippen LogP contribution in [0.3, 0.4) is 0 Å². The Balaban J connectivity index is 1.20. The molecule has 1 aromatic carbocycles. The largest absolute Gasteiger partial charge is 0.365 e. The first-order valence-corrected chi connectivity index (χ1v) is 15.2. The van der Waals surface area contributed by atoms with Crippen LogP contribution >= 0.6 is 0 Å². The van der Waals surface area contributed by atoms with Crippen molar-refractivity contribution in [2.75, 3.05) is 30.4 Å². The summed E-state index contributed by atoms with van der Waals surface area (Å²) in [7, 11) is 1.84. The van der Waals surface area contributed by atoms with Gasteiger partial charge in [-0.05, 0) is 62.1 Å². The van der Waals surface area contributed by atoms with Crippen LogP contribution in [0.2, 0.25) is 0 Å². The Hall–Kier alpha value is -5.46. The molecule has 13 heteroatoms. The number of benzene rings is 1. The van der Waals surface area contributed by atoms with E-state index < -0.39 is 17.7 Å². The lowest BCUT2D eigenvalue weighted by atomic mass is 10.0. The van der Waals surface area contributed by atoms with Gasteiger partial charge >= 0.3 is 0 Å². The van der Waals surface area contributed by atoms with Gasteiger partial charge in [0.2, 0.25) is 5.91 Å². The SMILES string of the molecule is Cc1[nH]c2nccc3c2c1CCCN(C)C(=O)[C@@H]1C[C@@H](CN1c1ncnc2c1cnn2-c1ccc(F)cc1F)Nc1cccc-3n1. The van der Waals surface area contributed by atoms with Gasteiger partial charge in [-0.15, -0.1) is 0 Å². The van der Waals surface area contributed by atoms with Crippen LogP contribution in [0.25, 0.3) is 39.0 Å². The van der Waals surface area contributed by atoms with E-state index in [1.165, 1.54) is 28.7 Å². The Bertz CT molecular complexity index is 2140. The summed E-state index contributed by atoms with van der Waals surface area (Å²) < 4.78 is 29.7. The number of aryl methyl sites for hydroxylation is 2. The quantitative estimate of drug-likeness (QED) is 0.283. The number of amides is 1. The average molecular weight is 621 g/mol. The van der Waals surface area contributed by atoms with Gasteiger partial charge in [0.25, 0.3) is 0 Å². The number of hydrogen-bond acceptors (Lipinski definition) is 8. The van der Waals surface area contributed by atoms with Crippen molar-refractivity contribution >= 4 is 39.6 Å². The molecule has 5 aromatic heterocycles. The van der Waals surface area contributed by atoms with Crippen molar-refractivity contribution in [3.05, 3.63) is 84.1 Å². The molecule has 0 aliphatic carbocycles. The van der Waals surface area contributed by atoms with E-state index in [9.17, 15) is 13.6 Å². The van der Waals surface area contributed by atoms with E-state index in [4.69, 9.17) is 4.98 Å². The monoisotopic (exact) mass is 620 g/mol. The Kier molecular flexibility index (Phi) is 6.62. The maximum atomic E-state index is 14.7. The molecule has 232 valence electrons. The molecule has 7 heterocycles. The normalized spacial score (nSPS) is 18.6. The highest BCUT2D eigenvalue weighted by Crippen LogP contribution is 2.35. The van der Waals surface area contributed by atoms with Crippen LogP contribution in [-0.2, 0) is 11.2 Å². The van der Waals surface area contributed by atoms with E-state index in [-0.39, 0.29) is 17.6 Å². The molecule has 1 saturated heterocycles. The van der Waals surface area contributed by atoms with E-state index in [0.717, 1.165) is 46.9 Å². The molecule has 2 aliphatic heterocycles. The molecule has 0 unspecified atom stereocenters. The molecule has 0 radical (unpaired) electrons. The van der Waals surface area contributed by atoms with Crippen LogP contribution in [-0.4, -0.2) is 77.7 Å². The minimum absolute atomic E-state index is 0.0254. The summed E-state index contributed by atoms with van der Waals surface area (Å²) in [6.45, 7) is 3.08. The fourth-order valence-corrected chi connectivity index (χ4v) is 6.86. The summed E-state index contributed by atoms with van der Waals surface area (Å²) in [6.07, 6.45) is 6.78. The number of H-pyrrole nitrogens is 1. The zero-order valence-electron chi connectivity index (χ0n) is 25.2. The van der Waals surface area contributed by atoms with Gasteiger partial charge in [0.1, 0.15) is 41.2 Å². The lowest BCUT2D eigenvalue weighted by Gasteiger charge is -2.29. The van der Waals surface area contributed by atoms with E-state index in [2.05, 4.69) is 37.3 Å². The maximum Gasteiger partial charge on any atom is 0.245 e. The number of pyridine rings is 2. The van der Waals surface area contributed by atoms with Crippen molar-refractivity contribution in [1.82, 2.24) is 39.6 Å². The van der Waals surface area contributed by atoms with Gasteiger partial charge < -0.3 is 20.1 Å². The zero-order valence-corrected chi connectivity index (χ0v) is 25.2. The molecule has 1 fully saturated rings. The molecule has 8 rings (SSSR count). The first kappa shape index (κ1) is 28.0. The summed E-state index contributed by atoms with van der Waals surface area (Å²) in [4.78, 5) is 39.9. The molecule has 11 nitrogen and oxygen atoms in total. The molecule has 2 N–H and O–H groups in total. The molecule has 2 atom stereocenters. The van der Waals surface area contributed by atoms with Crippen LogP contribution in [0.15, 0.2) is 61.2 Å². The first-order valence-electron chi connectivity index (χ1n) is 15.2. The molecule has 46 heavy (non-hydrogen) atoms. The number of rotatable bonds is 2. The van der Waals surface area contributed by atoms with E-state index in [1.54, 1.807) is 17.3 Å². The number of aromatic amines is 1. The summed E-state index contributed by atoms with van der Waals surface area (Å²) in [6, 6.07) is 10.6. The van der Waals surface area contributed by atoms with Crippen molar-refractivity contribution in [1.29, 1.82) is 0 Å². The van der Waals surface area contributed by atoms with Crippen LogP contribution in [0.1, 0.15) is 24.1 Å². The predicted molar refractivity (Wildman–Crippen MR) is 170 cm³/mol. The zero-order chi connectivity index (χ0) is 31.5. The van der Waals surface area contributed by atoms with Gasteiger partial charge in [0.05, 0.1) is 17.3 Å². The smallest absolute Gasteiger partial charge is 0.245 e. The molecule has 2 aliphatic rings. The number of hydrogen-bond donors (Lipinski definition) is 2. The van der Waals surface area contributed by atoms with Crippen molar-refractivity contribution < 1.29 is 13.6 Å². The minimum Gasteiger partial charge on any atom is -0.365 e. The van der Waals surface area contributed by atoms with Gasteiger partial charge in [-0.25, -0.2) is 33.4 Å². The van der Waals surface area contributed by atoms with E-state index >= 15 is 0 Å². The maximum absolute atomic E-state index is 14.7. The standard InChI is InChI=1S/C33H30F2N10O/c1-18-21-5-4-12-43(2)33(46)27-14-20(41-28-7-3-6-25(42-28)22-10-11-36-30(40-18)29(21)22)16-44(27)31-23-15-39-45(32(23)38-17-37-31)26-9-8-19(34)13-24(26)35/h3,6-11,13,15,17,20,27H,4-5,12,14,16H2,1-2H3,(H,36,40)(H,41,42)/t20-,27-/m0/s1. The van der Waals surface area contributed by atoms with Crippen molar-refractivity contribution in [2.45, 2.75) is 38.3 Å². The second kappa shape index (κ2) is 10.9. The Labute approximate surface area is 262 Å². The number of aromatic nitrogens is 7. The number of carbonyl (C=O) groups excluding carboxylic acids is 1. The van der Waals surface area contributed by atoms with Crippen molar-refractivity contribution in [2.24, 2.45) is 0 Å². The van der Waals surface area contributed by atoms with Gasteiger partial charge in [-0.2, -0.15) is 5.10 Å². The number of likely N-dealkylation sites (N-methyl/N-ethyl adjacent to an activating group) is 1. The molecule has 4 bridgehead atoms. The van der Waals surface area contributed by atoms with Crippen molar-refractivity contribution in [3.63, 3.8) is 0 Å². The van der Waals surface area contributed by atoms with Crippen LogP contribution in [0, 0.1) is 18.6 Å². The second-order valence-corrected chi connectivity index (χ2v) is 11.9. The third kappa shape index (κ3) is 4.61. The van der Waals surface area contributed by atoms with E-state index in [1.807, 2.05) is 36.2 Å². The summed E-state index contributed by atoms with van der Waals surface area (Å²) >= 11 is 0. The Morgan fingerprint density at radius 2 is 1.96 bits per heavy atom. The number of nitrogens with one attached hydrogen (secondary N) is 2. The summed E-state index contributed by atoms with van der Waals surface area (Å²) in [5.74, 6) is -0.252. The highest BCUT2D eigenvalue weighted by atomic mass is 19.1. The Morgan fingerprint density at radius 1 is 1.07 bits per heavy atom. The molecule has 0 saturated carbocycles. The van der Waals surface area contributed by atoms with Gasteiger partial charge in [0.15, 0.2) is 11.5 Å². The fourth-order valence-electron chi connectivity index (χ4n) is 6.86. The van der Waals surface area contributed by atoms with Crippen LogP contribution < -0.4 is 10.2 Å². The topological polar surface area (TPSA) is 121 Å². The first-order chi connectivity index (χ1) is 22.4. The highest BCUT2D eigenvalue weighted by Gasteiger charge is 2.40. The number of carbonyl (C=O) groups is 1. The summed E-state index contributed by atoms with van der Waals surface area (Å²) in [5.41, 5.74) is 5.33. The minimum atomic E-state index is -0.761. The molecular weight excluding hydrogens is 590 g/mol. The van der Waals surface area contributed by atoms with Gasteiger partial charge in [0, 0.05) is 55.1 Å². The highest BCUT2D eigenvalue weighted by molar-refractivity contribution is 5.96. The molecule has 1 amide bonds. The van der Waals surface area contributed by atoms with Crippen molar-refractivity contribution in [3.8, 4) is 16.9 Å². The number of fused-ring (bicyclic) bond motifs is 6. The molecular formula is C33H30F2N10O. The predicted octanol–water partition coefficient (Wildman–Crippen LogP) is 4.80. The molecule has 0 spiro atoms. The fraction of sp³-hybridized carbons (Fsp3) is 0.273. The summed E-state index contributed by atoms with van der Waals surface area (Å²) in [5, 5.41) is 9.57. The number of halogens is 2. The third-order valence-electron chi connectivity index (χ3n) is 9.03. The molecule has 6 aromatic rings.